The molecule has 3 N–H and O–H groups in total. The number of hydrogen-bond acceptors (Lipinski definition) is 3. The lowest BCUT2D eigenvalue weighted by atomic mass is 10.1. The van der Waals surface area contributed by atoms with Crippen molar-refractivity contribution < 1.29 is 4.74 Å². The molecule has 0 saturated carbocycles. The highest BCUT2D eigenvalue weighted by molar-refractivity contribution is 5.93. The third-order valence-electron chi connectivity index (χ3n) is 3.75. The predicted molar refractivity (Wildman–Crippen MR) is 99.7 cm³/mol. The lowest BCUT2D eigenvalue weighted by molar-refractivity contribution is 0.417. The summed E-state index contributed by atoms with van der Waals surface area (Å²) in [6.45, 7) is 1.32. The highest BCUT2D eigenvalue weighted by Crippen LogP contribution is 2.22. The zero-order valence-corrected chi connectivity index (χ0v) is 14.1. The number of hydrogen-bond donors (Lipinski definition) is 2. The van der Waals surface area contributed by atoms with E-state index in [1.54, 1.807) is 13.3 Å². The number of ether oxygens (including phenoxy) is 1. The Hall–Kier alpha value is -3.28. The fourth-order valence-electron chi connectivity index (χ4n) is 2.44. The van der Waals surface area contributed by atoms with E-state index in [-0.39, 0.29) is 0 Å². The minimum absolute atomic E-state index is 0.354. The number of benzene rings is 2. The van der Waals surface area contributed by atoms with Gasteiger partial charge in [0.2, 0.25) is 0 Å². The summed E-state index contributed by atoms with van der Waals surface area (Å²) in [5.74, 6) is 1.08. The van der Waals surface area contributed by atoms with Crippen LogP contribution in [-0.4, -0.2) is 22.6 Å². The molecule has 0 bridgehead atoms. The fraction of sp³-hybridized carbons (Fsp3) is 0.158. The summed E-state index contributed by atoms with van der Waals surface area (Å²) in [6, 6.07) is 15.9. The average molecular weight is 335 g/mol. The summed E-state index contributed by atoms with van der Waals surface area (Å²) >= 11 is 0. The van der Waals surface area contributed by atoms with Crippen molar-refractivity contribution >= 4 is 11.6 Å². The van der Waals surface area contributed by atoms with E-state index in [9.17, 15) is 0 Å². The molecule has 3 rings (SSSR count). The Bertz CT molecular complexity index is 825. The van der Waals surface area contributed by atoms with E-state index >= 15 is 0 Å². The molecule has 1 aromatic heterocycles. The smallest absolute Gasteiger partial charge is 0.193 e. The van der Waals surface area contributed by atoms with Gasteiger partial charge in [0.25, 0.3) is 0 Å². The molecule has 0 atom stereocenters. The van der Waals surface area contributed by atoms with Crippen molar-refractivity contribution in [3.8, 4) is 5.75 Å². The Morgan fingerprint density at radius 2 is 1.92 bits per heavy atom. The highest BCUT2D eigenvalue weighted by atomic mass is 16.5. The largest absolute Gasteiger partial charge is 0.495 e. The minimum Gasteiger partial charge on any atom is -0.495 e. The van der Waals surface area contributed by atoms with Gasteiger partial charge in [-0.1, -0.05) is 36.4 Å². The molecule has 2 aromatic carbocycles. The summed E-state index contributed by atoms with van der Waals surface area (Å²) in [7, 11) is 1.62. The molecule has 0 amide bonds. The van der Waals surface area contributed by atoms with E-state index in [2.05, 4.69) is 39.6 Å². The Morgan fingerprint density at radius 1 is 1.16 bits per heavy atom. The minimum atomic E-state index is 0.354. The van der Waals surface area contributed by atoms with Crippen LogP contribution in [0.4, 0.5) is 5.69 Å². The number of nitrogens with zero attached hydrogens (tertiary/aromatic N) is 3. The monoisotopic (exact) mass is 335 g/mol. The third kappa shape index (κ3) is 4.60. The van der Waals surface area contributed by atoms with Crippen molar-refractivity contribution in [1.29, 1.82) is 0 Å². The first-order valence-corrected chi connectivity index (χ1v) is 7.98. The molecule has 6 heteroatoms. The average Bonchev–Trinajstić information content (AvgIpc) is 3.15. The van der Waals surface area contributed by atoms with Gasteiger partial charge in [-0.2, -0.15) is 0 Å². The van der Waals surface area contributed by atoms with Crippen molar-refractivity contribution in [3.05, 3.63) is 78.4 Å². The van der Waals surface area contributed by atoms with Gasteiger partial charge in [0, 0.05) is 18.9 Å². The van der Waals surface area contributed by atoms with Crippen LogP contribution in [0.2, 0.25) is 0 Å². The number of anilines is 1. The van der Waals surface area contributed by atoms with Crippen LogP contribution in [0.15, 0.2) is 72.2 Å². The van der Waals surface area contributed by atoms with E-state index in [1.807, 2.05) is 41.4 Å². The molecule has 0 spiro atoms. The van der Waals surface area contributed by atoms with Crippen molar-refractivity contribution in [1.82, 2.24) is 9.55 Å². The molecule has 3 aromatic rings. The van der Waals surface area contributed by atoms with E-state index in [1.165, 1.54) is 5.56 Å². The van der Waals surface area contributed by atoms with Gasteiger partial charge < -0.3 is 20.4 Å². The molecule has 0 aliphatic rings. The van der Waals surface area contributed by atoms with Gasteiger partial charge in [0.05, 0.1) is 25.7 Å². The molecule has 0 aliphatic carbocycles. The molecular weight excluding hydrogens is 314 g/mol. The second-order valence-electron chi connectivity index (χ2n) is 5.58. The van der Waals surface area contributed by atoms with Crippen LogP contribution < -0.4 is 15.8 Å². The topological polar surface area (TPSA) is 77.5 Å². The first-order valence-electron chi connectivity index (χ1n) is 7.98. The molecule has 0 fully saturated rings. The van der Waals surface area contributed by atoms with Crippen molar-refractivity contribution in [2.75, 3.05) is 12.4 Å². The fourth-order valence-corrected chi connectivity index (χ4v) is 2.44. The van der Waals surface area contributed by atoms with E-state index in [0.29, 0.717) is 12.5 Å². The Labute approximate surface area is 147 Å². The molecular formula is C19H21N5O. The van der Waals surface area contributed by atoms with Gasteiger partial charge >= 0.3 is 0 Å². The van der Waals surface area contributed by atoms with Crippen molar-refractivity contribution in [2.24, 2.45) is 10.7 Å². The quantitative estimate of drug-likeness (QED) is 0.536. The number of guanidine groups is 1. The normalized spacial score (nSPS) is 11.3. The number of para-hydroxylation sites is 2. The number of methoxy groups -OCH3 is 1. The van der Waals surface area contributed by atoms with E-state index in [4.69, 9.17) is 10.5 Å². The zero-order chi connectivity index (χ0) is 17.5. The first-order chi connectivity index (χ1) is 12.2. The van der Waals surface area contributed by atoms with Crippen LogP contribution >= 0.6 is 0 Å². The maximum absolute atomic E-state index is 5.97. The molecule has 128 valence electrons. The lowest BCUT2D eigenvalue weighted by Gasteiger charge is -2.10. The summed E-state index contributed by atoms with van der Waals surface area (Å²) in [5.41, 5.74) is 9.07. The number of aliphatic imine (C=N–C) groups is 1. The molecule has 25 heavy (non-hydrogen) atoms. The number of aromatic nitrogens is 2. The summed E-state index contributed by atoms with van der Waals surface area (Å²) in [4.78, 5) is 8.43. The van der Waals surface area contributed by atoms with Gasteiger partial charge in [-0.3, -0.25) is 0 Å². The van der Waals surface area contributed by atoms with E-state index < -0.39 is 0 Å². The molecule has 0 radical (unpaired) electrons. The zero-order valence-electron chi connectivity index (χ0n) is 14.1. The van der Waals surface area contributed by atoms with Gasteiger partial charge in [0.1, 0.15) is 5.75 Å². The third-order valence-corrected chi connectivity index (χ3v) is 3.75. The molecule has 6 nitrogen and oxygen atoms in total. The highest BCUT2D eigenvalue weighted by Gasteiger charge is 2.02. The Morgan fingerprint density at radius 3 is 2.64 bits per heavy atom. The number of imidazole rings is 1. The maximum Gasteiger partial charge on any atom is 0.193 e. The molecule has 0 aliphatic heterocycles. The second-order valence-corrected chi connectivity index (χ2v) is 5.58. The molecule has 0 unspecified atom stereocenters. The van der Waals surface area contributed by atoms with Gasteiger partial charge in [0.15, 0.2) is 5.96 Å². The summed E-state index contributed by atoms with van der Waals surface area (Å²) < 4.78 is 7.32. The van der Waals surface area contributed by atoms with Crippen LogP contribution in [0.1, 0.15) is 11.1 Å². The number of nitrogens with one attached hydrogen (secondary N) is 1. The molecule has 1 heterocycles. The lowest BCUT2D eigenvalue weighted by Crippen LogP contribution is -2.22. The first kappa shape index (κ1) is 16.6. The van der Waals surface area contributed by atoms with Crippen LogP contribution in [0, 0.1) is 0 Å². The number of rotatable bonds is 6. The second kappa shape index (κ2) is 8.01. The standard InChI is InChI=1S/C19H21N5O/c1-25-18-5-3-2-4-17(18)23-19(20)22-12-15-6-8-16(9-7-15)13-24-11-10-21-14-24/h2-11,14H,12-13H2,1H3,(H3,20,22,23). The van der Waals surface area contributed by atoms with Gasteiger partial charge in [-0.25, -0.2) is 9.98 Å². The SMILES string of the molecule is COc1ccccc1NC(N)=NCc1ccc(Cn2ccnc2)cc1. The van der Waals surface area contributed by atoms with Crippen LogP contribution in [0.5, 0.6) is 5.75 Å². The Balaban J connectivity index is 1.59. The maximum atomic E-state index is 5.97. The van der Waals surface area contributed by atoms with E-state index in [0.717, 1.165) is 23.5 Å². The summed E-state index contributed by atoms with van der Waals surface area (Å²) in [6.07, 6.45) is 5.53. The predicted octanol–water partition coefficient (Wildman–Crippen LogP) is 2.87. The Kier molecular flexibility index (Phi) is 5.31. The molecule has 0 saturated heterocycles. The van der Waals surface area contributed by atoms with Gasteiger partial charge in [-0.05, 0) is 23.3 Å². The van der Waals surface area contributed by atoms with Crippen LogP contribution in [0.25, 0.3) is 0 Å². The van der Waals surface area contributed by atoms with Crippen LogP contribution in [0.3, 0.4) is 0 Å². The number of nitrogens with two attached hydrogens (primary N) is 1. The van der Waals surface area contributed by atoms with Gasteiger partial charge in [-0.15, -0.1) is 0 Å². The van der Waals surface area contributed by atoms with Crippen LogP contribution in [-0.2, 0) is 13.1 Å². The van der Waals surface area contributed by atoms with Crippen molar-refractivity contribution in [3.63, 3.8) is 0 Å². The van der Waals surface area contributed by atoms with Crippen molar-refractivity contribution in [2.45, 2.75) is 13.1 Å². The summed E-state index contributed by atoms with van der Waals surface area (Å²) in [5, 5.41) is 3.07.